The van der Waals surface area contributed by atoms with Crippen molar-refractivity contribution in [1.82, 2.24) is 10.6 Å². The Balaban J connectivity index is 2.62. The SMILES string of the molecule is CCCNC(=O)c1ccccc1NC(=O)CCNC(C)C. The molecule has 0 aliphatic heterocycles. The zero-order valence-electron chi connectivity index (χ0n) is 13.0. The van der Waals surface area contributed by atoms with Gasteiger partial charge in [0.2, 0.25) is 5.91 Å². The lowest BCUT2D eigenvalue weighted by Gasteiger charge is -2.12. The van der Waals surface area contributed by atoms with Crippen molar-refractivity contribution in [3.8, 4) is 0 Å². The van der Waals surface area contributed by atoms with Gasteiger partial charge in [-0.25, -0.2) is 0 Å². The lowest BCUT2D eigenvalue weighted by Crippen LogP contribution is -2.28. The van der Waals surface area contributed by atoms with Gasteiger partial charge in [-0.05, 0) is 18.6 Å². The monoisotopic (exact) mass is 291 g/mol. The first-order valence-electron chi connectivity index (χ1n) is 7.45. The molecule has 0 bridgehead atoms. The minimum Gasteiger partial charge on any atom is -0.352 e. The van der Waals surface area contributed by atoms with E-state index in [0.29, 0.717) is 36.8 Å². The van der Waals surface area contributed by atoms with Crippen LogP contribution in [0.15, 0.2) is 24.3 Å². The van der Waals surface area contributed by atoms with Crippen molar-refractivity contribution in [2.75, 3.05) is 18.4 Å². The van der Waals surface area contributed by atoms with Crippen molar-refractivity contribution in [3.63, 3.8) is 0 Å². The molecule has 0 aliphatic rings. The molecule has 5 heteroatoms. The number of carbonyl (C=O) groups is 2. The first-order chi connectivity index (χ1) is 10.0. The second kappa shape index (κ2) is 9.13. The predicted octanol–water partition coefficient (Wildman–Crippen LogP) is 2.15. The highest BCUT2D eigenvalue weighted by Crippen LogP contribution is 2.15. The number of benzene rings is 1. The first kappa shape index (κ1) is 17.2. The molecule has 0 spiro atoms. The molecule has 3 N–H and O–H groups in total. The summed E-state index contributed by atoms with van der Waals surface area (Å²) in [6.07, 6.45) is 1.25. The van der Waals surface area contributed by atoms with Gasteiger partial charge in [0.1, 0.15) is 0 Å². The molecule has 0 fully saturated rings. The van der Waals surface area contributed by atoms with E-state index in [4.69, 9.17) is 0 Å². The summed E-state index contributed by atoms with van der Waals surface area (Å²) in [6, 6.07) is 7.40. The van der Waals surface area contributed by atoms with E-state index in [-0.39, 0.29) is 11.8 Å². The lowest BCUT2D eigenvalue weighted by molar-refractivity contribution is -0.116. The third-order valence-corrected chi connectivity index (χ3v) is 2.89. The standard InChI is InChI=1S/C16H25N3O2/c1-4-10-18-16(21)13-7-5-6-8-14(13)19-15(20)9-11-17-12(2)3/h5-8,12,17H,4,9-11H2,1-3H3,(H,18,21)(H,19,20). The van der Waals surface area contributed by atoms with E-state index >= 15 is 0 Å². The molecule has 0 saturated carbocycles. The van der Waals surface area contributed by atoms with Crippen LogP contribution in [0.2, 0.25) is 0 Å². The Kier molecular flexibility index (Phi) is 7.46. The minimum absolute atomic E-state index is 0.0982. The highest BCUT2D eigenvalue weighted by Gasteiger charge is 2.12. The largest absolute Gasteiger partial charge is 0.352 e. The summed E-state index contributed by atoms with van der Waals surface area (Å²) in [7, 11) is 0. The van der Waals surface area contributed by atoms with Gasteiger partial charge in [0.15, 0.2) is 0 Å². The van der Waals surface area contributed by atoms with Crippen LogP contribution < -0.4 is 16.0 Å². The first-order valence-corrected chi connectivity index (χ1v) is 7.45. The van der Waals surface area contributed by atoms with Gasteiger partial charge >= 0.3 is 0 Å². The van der Waals surface area contributed by atoms with Crippen LogP contribution in [0.25, 0.3) is 0 Å². The molecule has 0 atom stereocenters. The van der Waals surface area contributed by atoms with Gasteiger partial charge in [0.25, 0.3) is 5.91 Å². The number of hydrogen-bond donors (Lipinski definition) is 3. The number of amides is 2. The quantitative estimate of drug-likeness (QED) is 0.687. The molecule has 0 aliphatic carbocycles. The van der Waals surface area contributed by atoms with E-state index in [2.05, 4.69) is 16.0 Å². The Morgan fingerprint density at radius 1 is 1.14 bits per heavy atom. The predicted molar refractivity (Wildman–Crippen MR) is 85.5 cm³/mol. The van der Waals surface area contributed by atoms with Gasteiger partial charge in [-0.15, -0.1) is 0 Å². The average Bonchev–Trinajstić information content (AvgIpc) is 2.45. The average molecular weight is 291 g/mol. The zero-order chi connectivity index (χ0) is 15.7. The van der Waals surface area contributed by atoms with E-state index in [1.165, 1.54) is 0 Å². The van der Waals surface area contributed by atoms with Gasteiger partial charge in [-0.1, -0.05) is 32.9 Å². The molecule has 5 nitrogen and oxygen atoms in total. The van der Waals surface area contributed by atoms with Crippen molar-refractivity contribution >= 4 is 17.5 Å². The van der Waals surface area contributed by atoms with Gasteiger partial charge in [-0.2, -0.15) is 0 Å². The topological polar surface area (TPSA) is 70.2 Å². The summed E-state index contributed by atoms with van der Waals surface area (Å²) in [4.78, 5) is 23.9. The highest BCUT2D eigenvalue weighted by atomic mass is 16.2. The van der Waals surface area contributed by atoms with Crippen LogP contribution in [0.5, 0.6) is 0 Å². The lowest BCUT2D eigenvalue weighted by atomic mass is 10.1. The Labute approximate surface area is 126 Å². The molecular weight excluding hydrogens is 266 g/mol. The maximum absolute atomic E-state index is 12.0. The van der Waals surface area contributed by atoms with Crippen molar-refractivity contribution in [2.45, 2.75) is 39.7 Å². The number of rotatable bonds is 8. The number of anilines is 1. The summed E-state index contributed by atoms with van der Waals surface area (Å²) in [6.45, 7) is 7.30. The Morgan fingerprint density at radius 2 is 1.86 bits per heavy atom. The van der Waals surface area contributed by atoms with Crippen LogP contribution >= 0.6 is 0 Å². The van der Waals surface area contributed by atoms with E-state index in [0.717, 1.165) is 6.42 Å². The van der Waals surface area contributed by atoms with Gasteiger partial charge in [0.05, 0.1) is 11.3 Å². The fourth-order valence-electron chi connectivity index (χ4n) is 1.81. The Hall–Kier alpha value is -1.88. The van der Waals surface area contributed by atoms with Gasteiger partial charge < -0.3 is 16.0 Å². The van der Waals surface area contributed by atoms with E-state index in [1.807, 2.05) is 20.8 Å². The second-order valence-corrected chi connectivity index (χ2v) is 5.21. The van der Waals surface area contributed by atoms with Crippen molar-refractivity contribution < 1.29 is 9.59 Å². The summed E-state index contributed by atoms with van der Waals surface area (Å²) in [5, 5.41) is 8.81. The summed E-state index contributed by atoms with van der Waals surface area (Å²) in [5.41, 5.74) is 1.05. The van der Waals surface area contributed by atoms with Crippen LogP contribution in [0, 0.1) is 0 Å². The van der Waals surface area contributed by atoms with E-state index in [1.54, 1.807) is 24.3 Å². The maximum Gasteiger partial charge on any atom is 0.253 e. The van der Waals surface area contributed by atoms with Crippen molar-refractivity contribution in [1.29, 1.82) is 0 Å². The number of carbonyl (C=O) groups excluding carboxylic acids is 2. The summed E-state index contributed by atoms with van der Waals surface area (Å²) >= 11 is 0. The van der Waals surface area contributed by atoms with E-state index < -0.39 is 0 Å². The molecule has 0 radical (unpaired) electrons. The fraction of sp³-hybridized carbons (Fsp3) is 0.500. The molecule has 0 aromatic heterocycles. The number of para-hydroxylation sites is 1. The molecule has 1 rings (SSSR count). The summed E-state index contributed by atoms with van der Waals surface area (Å²) in [5.74, 6) is -0.257. The molecule has 116 valence electrons. The molecule has 1 aromatic rings. The fourth-order valence-corrected chi connectivity index (χ4v) is 1.81. The van der Waals surface area contributed by atoms with Crippen LogP contribution in [0.1, 0.15) is 44.0 Å². The van der Waals surface area contributed by atoms with Gasteiger partial charge in [-0.3, -0.25) is 9.59 Å². The van der Waals surface area contributed by atoms with Crippen LogP contribution in [-0.2, 0) is 4.79 Å². The molecule has 2 amide bonds. The smallest absolute Gasteiger partial charge is 0.253 e. The van der Waals surface area contributed by atoms with Gasteiger partial charge in [0, 0.05) is 25.6 Å². The highest BCUT2D eigenvalue weighted by molar-refractivity contribution is 6.03. The maximum atomic E-state index is 12.0. The zero-order valence-corrected chi connectivity index (χ0v) is 13.0. The second-order valence-electron chi connectivity index (χ2n) is 5.21. The number of nitrogens with one attached hydrogen (secondary N) is 3. The van der Waals surface area contributed by atoms with Crippen LogP contribution in [0.3, 0.4) is 0 Å². The molecule has 21 heavy (non-hydrogen) atoms. The third-order valence-electron chi connectivity index (χ3n) is 2.89. The molecule has 0 saturated heterocycles. The number of hydrogen-bond acceptors (Lipinski definition) is 3. The molecule has 0 unspecified atom stereocenters. The summed E-state index contributed by atoms with van der Waals surface area (Å²) < 4.78 is 0. The minimum atomic E-state index is -0.159. The normalized spacial score (nSPS) is 10.5. The Bertz CT molecular complexity index is 472. The van der Waals surface area contributed by atoms with Crippen LogP contribution in [-0.4, -0.2) is 30.9 Å². The molecule has 1 aromatic carbocycles. The van der Waals surface area contributed by atoms with Crippen molar-refractivity contribution in [2.24, 2.45) is 0 Å². The molecule has 0 heterocycles. The molecular formula is C16H25N3O2. The third kappa shape index (κ3) is 6.40. The Morgan fingerprint density at radius 3 is 2.52 bits per heavy atom. The van der Waals surface area contributed by atoms with Crippen LogP contribution in [0.4, 0.5) is 5.69 Å². The van der Waals surface area contributed by atoms with Crippen molar-refractivity contribution in [3.05, 3.63) is 29.8 Å². The van der Waals surface area contributed by atoms with E-state index in [9.17, 15) is 9.59 Å².